The van der Waals surface area contributed by atoms with Gasteiger partial charge in [-0.1, -0.05) is 12.1 Å². The van der Waals surface area contributed by atoms with Crippen LogP contribution in [0.25, 0.3) is 5.52 Å². The predicted octanol–water partition coefficient (Wildman–Crippen LogP) is 3.94. The molecule has 0 aliphatic heterocycles. The highest BCUT2D eigenvalue weighted by Crippen LogP contribution is 2.19. The van der Waals surface area contributed by atoms with Crippen molar-refractivity contribution in [2.75, 3.05) is 0 Å². The van der Waals surface area contributed by atoms with Gasteiger partial charge < -0.3 is 9.14 Å². The molecule has 4 nitrogen and oxygen atoms in total. The lowest BCUT2D eigenvalue weighted by Gasteiger charge is -2.03. The van der Waals surface area contributed by atoms with Crippen LogP contribution in [0, 0.1) is 11.3 Å². The number of esters is 1. The third-order valence-electron chi connectivity index (χ3n) is 3.65. The highest BCUT2D eigenvalue weighted by atomic mass is 32.1. The molecule has 3 heterocycles. The Morgan fingerprint density at radius 3 is 3.00 bits per heavy atom. The molecule has 3 rings (SSSR count). The monoisotopic (exact) mass is 324 g/mol. The number of ether oxygens (including phenoxy) is 1. The number of carbonyl (C=O) groups is 1. The van der Waals surface area contributed by atoms with E-state index in [0.29, 0.717) is 12.0 Å². The van der Waals surface area contributed by atoms with Crippen molar-refractivity contribution in [2.24, 2.45) is 0 Å². The maximum absolute atomic E-state index is 11.9. The zero-order chi connectivity index (χ0) is 16.1. The molecule has 0 aliphatic rings. The molecular formula is C18H16N2O2S. The van der Waals surface area contributed by atoms with Crippen molar-refractivity contribution in [3.05, 3.63) is 64.1 Å². The average Bonchev–Trinajstić information content (AvgIpc) is 3.19. The summed E-state index contributed by atoms with van der Waals surface area (Å²) < 4.78 is 7.19. The Hall–Kier alpha value is -2.58. The molecule has 23 heavy (non-hydrogen) atoms. The van der Waals surface area contributed by atoms with Gasteiger partial charge in [-0.3, -0.25) is 4.79 Å². The standard InChI is InChI=1S/C18H16N2O2S/c19-11-16-14(12-20-9-2-1-7-17(16)20)13-22-18(21)8-3-5-15-6-4-10-23-15/h1-2,4,6-7,9-10,12H,3,5,8,13H2. The van der Waals surface area contributed by atoms with Crippen molar-refractivity contribution in [3.8, 4) is 6.07 Å². The Morgan fingerprint density at radius 2 is 2.22 bits per heavy atom. The number of hydrogen-bond donors (Lipinski definition) is 0. The van der Waals surface area contributed by atoms with Crippen LogP contribution in [-0.2, 0) is 22.6 Å². The Bertz CT molecular complexity index is 844. The van der Waals surface area contributed by atoms with E-state index in [4.69, 9.17) is 4.74 Å². The number of hydrogen-bond acceptors (Lipinski definition) is 4. The van der Waals surface area contributed by atoms with E-state index in [1.54, 1.807) is 11.3 Å². The second-order valence-electron chi connectivity index (χ2n) is 5.23. The molecule has 0 unspecified atom stereocenters. The molecule has 0 aromatic carbocycles. The van der Waals surface area contributed by atoms with Crippen LogP contribution in [0.2, 0.25) is 0 Å². The van der Waals surface area contributed by atoms with Crippen LogP contribution in [0.5, 0.6) is 0 Å². The number of aryl methyl sites for hydroxylation is 1. The van der Waals surface area contributed by atoms with Crippen molar-refractivity contribution in [1.82, 2.24) is 4.40 Å². The fraction of sp³-hybridized carbons (Fsp3) is 0.222. The van der Waals surface area contributed by atoms with Crippen molar-refractivity contribution in [2.45, 2.75) is 25.9 Å². The molecule has 0 saturated heterocycles. The summed E-state index contributed by atoms with van der Waals surface area (Å²) in [6.45, 7) is 0.141. The summed E-state index contributed by atoms with van der Waals surface area (Å²) >= 11 is 1.70. The molecule has 0 bridgehead atoms. The second-order valence-corrected chi connectivity index (χ2v) is 6.26. The third kappa shape index (κ3) is 3.61. The highest BCUT2D eigenvalue weighted by molar-refractivity contribution is 7.09. The van der Waals surface area contributed by atoms with Crippen LogP contribution in [0.1, 0.15) is 28.8 Å². The molecule has 0 N–H and O–H groups in total. The van der Waals surface area contributed by atoms with Crippen molar-refractivity contribution < 1.29 is 9.53 Å². The van der Waals surface area contributed by atoms with Crippen molar-refractivity contribution in [3.63, 3.8) is 0 Å². The summed E-state index contributed by atoms with van der Waals surface area (Å²) in [6.07, 6.45) is 5.79. The van der Waals surface area contributed by atoms with Gasteiger partial charge in [-0.15, -0.1) is 11.3 Å². The number of aromatic nitrogens is 1. The fourth-order valence-corrected chi connectivity index (χ4v) is 3.26. The quantitative estimate of drug-likeness (QED) is 0.645. The first kappa shape index (κ1) is 15.3. The number of pyridine rings is 1. The molecule has 3 aromatic heterocycles. The van der Waals surface area contributed by atoms with E-state index in [-0.39, 0.29) is 12.6 Å². The van der Waals surface area contributed by atoms with Gasteiger partial charge in [-0.05, 0) is 36.4 Å². The van der Waals surface area contributed by atoms with Gasteiger partial charge in [-0.2, -0.15) is 5.26 Å². The zero-order valence-corrected chi connectivity index (χ0v) is 13.4. The number of carbonyl (C=O) groups excluding carboxylic acids is 1. The van der Waals surface area contributed by atoms with Crippen LogP contribution >= 0.6 is 11.3 Å². The van der Waals surface area contributed by atoms with Crippen LogP contribution in [-0.4, -0.2) is 10.4 Å². The van der Waals surface area contributed by atoms with E-state index in [1.165, 1.54) is 4.88 Å². The van der Waals surface area contributed by atoms with Crippen molar-refractivity contribution >= 4 is 22.8 Å². The van der Waals surface area contributed by atoms with E-state index < -0.39 is 0 Å². The second kappa shape index (κ2) is 7.12. The molecule has 0 radical (unpaired) electrons. The van der Waals surface area contributed by atoms with Crippen LogP contribution in [0.4, 0.5) is 0 Å². The summed E-state index contributed by atoms with van der Waals surface area (Å²) in [7, 11) is 0. The van der Waals surface area contributed by atoms with E-state index in [0.717, 1.165) is 23.9 Å². The molecule has 5 heteroatoms. The number of nitriles is 1. The molecule has 0 spiro atoms. The van der Waals surface area contributed by atoms with E-state index in [9.17, 15) is 10.1 Å². The highest BCUT2D eigenvalue weighted by Gasteiger charge is 2.12. The SMILES string of the molecule is N#Cc1c(COC(=O)CCCc2cccs2)cn2ccccc12. The van der Waals surface area contributed by atoms with Gasteiger partial charge in [0.1, 0.15) is 12.7 Å². The normalized spacial score (nSPS) is 10.6. The molecule has 0 amide bonds. The van der Waals surface area contributed by atoms with Gasteiger partial charge in [0.2, 0.25) is 0 Å². The Morgan fingerprint density at radius 1 is 1.30 bits per heavy atom. The lowest BCUT2D eigenvalue weighted by Crippen LogP contribution is -2.05. The lowest BCUT2D eigenvalue weighted by molar-refractivity contribution is -0.145. The van der Waals surface area contributed by atoms with Crippen LogP contribution in [0.3, 0.4) is 0 Å². The minimum atomic E-state index is -0.222. The number of nitrogens with zero attached hydrogens (tertiary/aromatic N) is 2. The zero-order valence-electron chi connectivity index (χ0n) is 12.6. The summed E-state index contributed by atoms with van der Waals surface area (Å²) in [5.41, 5.74) is 2.14. The van der Waals surface area contributed by atoms with E-state index in [2.05, 4.69) is 12.1 Å². The molecule has 0 saturated carbocycles. The largest absolute Gasteiger partial charge is 0.461 e. The molecular weight excluding hydrogens is 308 g/mol. The Balaban J connectivity index is 1.55. The van der Waals surface area contributed by atoms with Gasteiger partial charge in [-0.25, -0.2) is 0 Å². The summed E-state index contributed by atoms with van der Waals surface area (Å²) in [4.78, 5) is 13.1. The summed E-state index contributed by atoms with van der Waals surface area (Å²) in [5.74, 6) is -0.222. The Labute approximate surface area is 138 Å². The predicted molar refractivity (Wildman–Crippen MR) is 89.2 cm³/mol. The van der Waals surface area contributed by atoms with Crippen LogP contribution in [0.15, 0.2) is 48.1 Å². The lowest BCUT2D eigenvalue weighted by atomic mass is 10.2. The molecule has 116 valence electrons. The summed E-state index contributed by atoms with van der Waals surface area (Å²) in [6, 6.07) is 11.9. The average molecular weight is 324 g/mol. The van der Waals surface area contributed by atoms with Gasteiger partial charge in [0.15, 0.2) is 0 Å². The van der Waals surface area contributed by atoms with Crippen molar-refractivity contribution in [1.29, 1.82) is 5.26 Å². The minimum absolute atomic E-state index is 0.141. The smallest absolute Gasteiger partial charge is 0.306 e. The van der Waals surface area contributed by atoms with Gasteiger partial charge in [0, 0.05) is 29.3 Å². The minimum Gasteiger partial charge on any atom is -0.461 e. The maximum atomic E-state index is 11.9. The number of rotatable bonds is 6. The molecule has 3 aromatic rings. The van der Waals surface area contributed by atoms with Crippen LogP contribution < -0.4 is 0 Å². The first-order valence-electron chi connectivity index (χ1n) is 7.44. The maximum Gasteiger partial charge on any atom is 0.306 e. The van der Waals surface area contributed by atoms with E-state index >= 15 is 0 Å². The topological polar surface area (TPSA) is 54.5 Å². The molecule has 0 fully saturated rings. The Kier molecular flexibility index (Phi) is 4.74. The number of thiophene rings is 1. The first-order chi connectivity index (χ1) is 11.3. The van der Waals surface area contributed by atoms with Gasteiger partial charge >= 0.3 is 5.97 Å². The van der Waals surface area contributed by atoms with E-state index in [1.807, 2.05) is 46.4 Å². The molecule has 0 aliphatic carbocycles. The molecule has 0 atom stereocenters. The third-order valence-corrected chi connectivity index (χ3v) is 4.58. The van der Waals surface area contributed by atoms with Gasteiger partial charge in [0.25, 0.3) is 0 Å². The first-order valence-corrected chi connectivity index (χ1v) is 8.32. The van der Waals surface area contributed by atoms with Gasteiger partial charge in [0.05, 0.1) is 11.1 Å². The number of fused-ring (bicyclic) bond motifs is 1. The summed E-state index contributed by atoms with van der Waals surface area (Å²) in [5, 5.41) is 11.4. The fourth-order valence-electron chi connectivity index (χ4n) is 2.51.